The number of nitrogens with zero attached hydrogens (tertiary/aromatic N) is 1. The van der Waals surface area contributed by atoms with Crippen molar-refractivity contribution in [3.8, 4) is 0 Å². The number of aromatic nitrogens is 2. The molecule has 0 aliphatic carbocycles. The summed E-state index contributed by atoms with van der Waals surface area (Å²) in [5, 5.41) is 0.700. The minimum absolute atomic E-state index is 0.0403. The monoisotopic (exact) mass is 224 g/mol. The molecule has 0 bridgehead atoms. The molecule has 0 aliphatic heterocycles. The number of nitrogens with one attached hydrogen (secondary N) is 1. The Morgan fingerprint density at radius 3 is 2.73 bits per heavy atom. The predicted molar refractivity (Wildman–Crippen MR) is 64.5 cm³/mol. The van der Waals surface area contributed by atoms with Gasteiger partial charge in [0.05, 0.1) is 0 Å². The summed E-state index contributed by atoms with van der Waals surface area (Å²) < 4.78 is 0. The van der Waals surface area contributed by atoms with Gasteiger partial charge in [-0.1, -0.05) is 30.8 Å². The van der Waals surface area contributed by atoms with Crippen LogP contribution in [0.3, 0.4) is 0 Å². The van der Waals surface area contributed by atoms with Gasteiger partial charge in [0.1, 0.15) is 0 Å². The lowest BCUT2D eigenvalue weighted by molar-refractivity contribution is 0.864. The van der Waals surface area contributed by atoms with Gasteiger partial charge in [-0.2, -0.15) is 0 Å². The van der Waals surface area contributed by atoms with Gasteiger partial charge in [-0.05, 0) is 19.6 Å². The smallest absolute Gasteiger partial charge is 0.255 e. The van der Waals surface area contributed by atoms with E-state index in [1.165, 1.54) is 0 Å². The number of hydrogen-bond acceptors (Lipinski definition) is 3. The highest BCUT2D eigenvalue weighted by atomic mass is 32.2. The first kappa shape index (κ1) is 12.0. The highest BCUT2D eigenvalue weighted by Gasteiger charge is 2.07. The fourth-order valence-corrected chi connectivity index (χ4v) is 1.94. The molecule has 3 nitrogen and oxygen atoms in total. The molecule has 0 spiro atoms. The van der Waals surface area contributed by atoms with E-state index in [0.29, 0.717) is 11.6 Å². The Hall–Kier alpha value is -1.03. The second-order valence-electron chi connectivity index (χ2n) is 3.50. The Labute approximate surface area is 94.0 Å². The van der Waals surface area contributed by atoms with Crippen molar-refractivity contribution in [3.63, 3.8) is 0 Å². The Morgan fingerprint density at radius 2 is 2.27 bits per heavy atom. The van der Waals surface area contributed by atoms with Crippen molar-refractivity contribution in [2.75, 3.05) is 5.75 Å². The maximum absolute atomic E-state index is 11.7. The lowest BCUT2D eigenvalue weighted by Gasteiger charge is -2.05. The molecule has 0 aromatic carbocycles. The van der Waals surface area contributed by atoms with Crippen molar-refractivity contribution in [1.29, 1.82) is 0 Å². The number of aromatic amines is 1. The number of aryl methyl sites for hydroxylation is 1. The lowest BCUT2D eigenvalue weighted by atomic mass is 10.1. The van der Waals surface area contributed by atoms with Crippen LogP contribution in [0.2, 0.25) is 0 Å². The zero-order valence-electron chi connectivity index (χ0n) is 9.39. The Balaban J connectivity index is 3.10. The molecule has 1 aromatic rings. The quantitative estimate of drug-likeness (QED) is 0.485. The minimum atomic E-state index is -0.0403. The topological polar surface area (TPSA) is 45.8 Å². The molecule has 82 valence electrons. The molecule has 1 aromatic heterocycles. The molecular formula is C11H16N2OS. The van der Waals surface area contributed by atoms with E-state index in [0.717, 1.165) is 22.6 Å². The SMILES string of the molecule is C=C(C)Cc1c(C)nc(SCC)[nH]c1=O. The minimum Gasteiger partial charge on any atom is -0.301 e. The highest BCUT2D eigenvalue weighted by molar-refractivity contribution is 7.99. The van der Waals surface area contributed by atoms with E-state index in [1.807, 2.05) is 20.8 Å². The van der Waals surface area contributed by atoms with E-state index in [1.54, 1.807) is 11.8 Å². The van der Waals surface area contributed by atoms with Crippen LogP contribution in [0.5, 0.6) is 0 Å². The van der Waals surface area contributed by atoms with Crippen molar-refractivity contribution in [2.24, 2.45) is 0 Å². The summed E-state index contributed by atoms with van der Waals surface area (Å²) in [6.45, 7) is 9.61. The van der Waals surface area contributed by atoms with Gasteiger partial charge in [-0.15, -0.1) is 0 Å². The largest absolute Gasteiger partial charge is 0.301 e. The van der Waals surface area contributed by atoms with Crippen molar-refractivity contribution in [2.45, 2.75) is 32.3 Å². The fraction of sp³-hybridized carbons (Fsp3) is 0.455. The maximum Gasteiger partial charge on any atom is 0.255 e. The van der Waals surface area contributed by atoms with Crippen molar-refractivity contribution in [3.05, 3.63) is 33.8 Å². The summed E-state index contributed by atoms with van der Waals surface area (Å²) >= 11 is 1.54. The van der Waals surface area contributed by atoms with E-state index in [-0.39, 0.29) is 5.56 Å². The number of rotatable bonds is 4. The van der Waals surface area contributed by atoms with E-state index < -0.39 is 0 Å². The van der Waals surface area contributed by atoms with E-state index >= 15 is 0 Å². The third-order valence-electron chi connectivity index (χ3n) is 1.96. The number of hydrogen-bond donors (Lipinski definition) is 1. The van der Waals surface area contributed by atoms with Crippen LogP contribution in [-0.4, -0.2) is 15.7 Å². The molecule has 0 atom stereocenters. The van der Waals surface area contributed by atoms with Gasteiger partial charge in [0, 0.05) is 17.7 Å². The summed E-state index contributed by atoms with van der Waals surface area (Å²) in [5.41, 5.74) is 2.46. The van der Waals surface area contributed by atoms with Crippen LogP contribution in [0.25, 0.3) is 0 Å². The van der Waals surface area contributed by atoms with E-state index in [9.17, 15) is 4.79 Å². The zero-order chi connectivity index (χ0) is 11.4. The molecule has 4 heteroatoms. The van der Waals surface area contributed by atoms with Gasteiger partial charge in [0.2, 0.25) is 0 Å². The van der Waals surface area contributed by atoms with Gasteiger partial charge in [-0.25, -0.2) is 4.98 Å². The number of H-pyrrole nitrogens is 1. The molecule has 1 heterocycles. The molecule has 0 amide bonds. The summed E-state index contributed by atoms with van der Waals surface area (Å²) in [6, 6.07) is 0. The van der Waals surface area contributed by atoms with Gasteiger partial charge < -0.3 is 4.98 Å². The third-order valence-corrected chi connectivity index (χ3v) is 2.72. The van der Waals surface area contributed by atoms with Crippen LogP contribution in [0.1, 0.15) is 25.1 Å². The van der Waals surface area contributed by atoms with Gasteiger partial charge >= 0.3 is 0 Å². The standard InChI is InChI=1S/C11H16N2OS/c1-5-15-11-12-8(4)9(6-7(2)3)10(14)13-11/h2,5-6H2,1,3-4H3,(H,12,13,14). The Morgan fingerprint density at radius 1 is 1.60 bits per heavy atom. The summed E-state index contributed by atoms with van der Waals surface area (Å²) in [4.78, 5) is 18.8. The predicted octanol–water partition coefficient (Wildman–Crippen LogP) is 2.31. The first-order valence-corrected chi connectivity index (χ1v) is 5.90. The zero-order valence-corrected chi connectivity index (χ0v) is 10.2. The summed E-state index contributed by atoms with van der Waals surface area (Å²) in [5.74, 6) is 0.905. The fourth-order valence-electron chi connectivity index (χ4n) is 1.30. The Bertz CT molecular complexity index is 423. The molecule has 1 N–H and O–H groups in total. The molecule has 0 saturated carbocycles. The average Bonchev–Trinajstić information content (AvgIpc) is 2.11. The third kappa shape index (κ3) is 3.23. The highest BCUT2D eigenvalue weighted by Crippen LogP contribution is 2.12. The van der Waals surface area contributed by atoms with Crippen LogP contribution in [-0.2, 0) is 6.42 Å². The molecule has 0 fully saturated rings. The summed E-state index contributed by atoms with van der Waals surface area (Å²) in [7, 11) is 0. The molecule has 0 unspecified atom stereocenters. The molecule has 15 heavy (non-hydrogen) atoms. The van der Waals surface area contributed by atoms with Gasteiger partial charge in [0.25, 0.3) is 5.56 Å². The maximum atomic E-state index is 11.7. The van der Waals surface area contributed by atoms with Crippen molar-refractivity contribution in [1.82, 2.24) is 9.97 Å². The molecule has 0 radical (unpaired) electrons. The van der Waals surface area contributed by atoms with Crippen LogP contribution in [0.4, 0.5) is 0 Å². The Kier molecular flexibility index (Phi) is 4.15. The molecule has 0 aliphatic rings. The van der Waals surface area contributed by atoms with Crippen LogP contribution in [0.15, 0.2) is 22.1 Å². The van der Waals surface area contributed by atoms with Crippen LogP contribution < -0.4 is 5.56 Å². The second kappa shape index (κ2) is 5.16. The van der Waals surface area contributed by atoms with E-state index in [4.69, 9.17) is 0 Å². The van der Waals surface area contributed by atoms with Crippen molar-refractivity contribution >= 4 is 11.8 Å². The summed E-state index contributed by atoms with van der Waals surface area (Å²) in [6.07, 6.45) is 0.602. The van der Waals surface area contributed by atoms with Gasteiger partial charge in [0.15, 0.2) is 5.16 Å². The lowest BCUT2D eigenvalue weighted by Crippen LogP contribution is -2.17. The second-order valence-corrected chi connectivity index (χ2v) is 4.75. The normalized spacial score (nSPS) is 10.3. The number of allylic oxidation sites excluding steroid dienone is 1. The van der Waals surface area contributed by atoms with Crippen LogP contribution in [0, 0.1) is 6.92 Å². The van der Waals surface area contributed by atoms with E-state index in [2.05, 4.69) is 16.5 Å². The van der Waals surface area contributed by atoms with Crippen LogP contribution >= 0.6 is 11.8 Å². The molecular weight excluding hydrogens is 208 g/mol. The van der Waals surface area contributed by atoms with Gasteiger partial charge in [-0.3, -0.25) is 4.79 Å². The number of thioether (sulfide) groups is 1. The molecule has 0 saturated heterocycles. The first-order chi connectivity index (χ1) is 7.04. The average molecular weight is 224 g/mol. The molecule has 1 rings (SSSR count). The first-order valence-electron chi connectivity index (χ1n) is 4.91. The van der Waals surface area contributed by atoms with Crippen molar-refractivity contribution < 1.29 is 0 Å².